The van der Waals surface area contributed by atoms with Crippen LogP contribution in [0.4, 0.5) is 0 Å². The van der Waals surface area contributed by atoms with Crippen LogP contribution in [-0.2, 0) is 16.6 Å². The number of hydrogen-bond acceptors (Lipinski definition) is 4. The third-order valence-electron chi connectivity index (χ3n) is 3.32. The molecular weight excluding hydrogens is 274 g/mol. The van der Waals surface area contributed by atoms with Crippen molar-refractivity contribution in [2.75, 3.05) is 33.7 Å². The average Bonchev–Trinajstić information content (AvgIpc) is 2.40. The second-order valence-corrected chi connectivity index (χ2v) is 6.68. The van der Waals surface area contributed by atoms with Gasteiger partial charge in [0.25, 0.3) is 0 Å². The monoisotopic (exact) mass is 299 g/mol. The highest BCUT2D eigenvalue weighted by Gasteiger charge is 2.14. The van der Waals surface area contributed by atoms with Crippen LogP contribution < -0.4 is 10.0 Å². The number of benzene rings is 1. The quantitative estimate of drug-likeness (QED) is 0.750. The predicted octanol–water partition coefficient (Wildman–Crippen LogP) is 0.944. The molecule has 6 heteroatoms. The maximum Gasteiger partial charge on any atom is 0.240 e. The predicted molar refractivity (Wildman–Crippen MR) is 82.3 cm³/mol. The Morgan fingerprint density at radius 2 is 2.00 bits per heavy atom. The summed E-state index contributed by atoms with van der Waals surface area (Å²) in [5, 5.41) is 3.05. The molecule has 0 amide bonds. The van der Waals surface area contributed by atoms with Crippen molar-refractivity contribution >= 4 is 10.0 Å². The molecule has 0 saturated heterocycles. The van der Waals surface area contributed by atoms with Crippen LogP contribution >= 0.6 is 0 Å². The number of nitrogens with zero attached hydrogens (tertiary/aromatic N) is 1. The van der Waals surface area contributed by atoms with Gasteiger partial charge in [-0.2, -0.15) is 0 Å². The fourth-order valence-corrected chi connectivity index (χ4v) is 2.88. The minimum Gasteiger partial charge on any atom is -0.316 e. The molecule has 5 nitrogen and oxygen atoms in total. The van der Waals surface area contributed by atoms with Crippen molar-refractivity contribution in [3.05, 3.63) is 29.3 Å². The van der Waals surface area contributed by atoms with Gasteiger partial charge in [0.15, 0.2) is 0 Å². The van der Waals surface area contributed by atoms with Crippen LogP contribution in [0.3, 0.4) is 0 Å². The largest absolute Gasteiger partial charge is 0.316 e. The summed E-state index contributed by atoms with van der Waals surface area (Å²) in [5.74, 6) is 0. The van der Waals surface area contributed by atoms with E-state index in [1.165, 1.54) is 0 Å². The van der Waals surface area contributed by atoms with Gasteiger partial charge in [0.2, 0.25) is 10.0 Å². The van der Waals surface area contributed by atoms with Crippen LogP contribution in [0.25, 0.3) is 0 Å². The van der Waals surface area contributed by atoms with Gasteiger partial charge in [0.1, 0.15) is 0 Å². The highest BCUT2D eigenvalue weighted by atomic mass is 32.2. The molecular formula is C14H25N3O2S. The summed E-state index contributed by atoms with van der Waals surface area (Å²) in [4.78, 5) is 2.39. The summed E-state index contributed by atoms with van der Waals surface area (Å²) in [5.41, 5.74) is 2.09. The summed E-state index contributed by atoms with van der Waals surface area (Å²) in [6.45, 7) is 6.70. The van der Waals surface area contributed by atoms with Crippen LogP contribution in [0.2, 0.25) is 0 Å². The molecule has 0 saturated carbocycles. The summed E-state index contributed by atoms with van der Waals surface area (Å²) in [6.07, 6.45) is 0. The van der Waals surface area contributed by atoms with Gasteiger partial charge in [-0.25, -0.2) is 13.1 Å². The standard InChI is InChI=1S/C14H25N3O2S/c1-5-17(4)9-8-16-20(18,19)14-7-6-12(2)13(10-14)11-15-3/h6-7,10,15-16H,5,8-9,11H2,1-4H3. The van der Waals surface area contributed by atoms with Crippen LogP contribution in [-0.4, -0.2) is 47.0 Å². The molecule has 0 bridgehead atoms. The number of hydrogen-bond donors (Lipinski definition) is 2. The lowest BCUT2D eigenvalue weighted by molar-refractivity contribution is 0.358. The van der Waals surface area contributed by atoms with Crippen molar-refractivity contribution < 1.29 is 8.42 Å². The van der Waals surface area contributed by atoms with Crippen molar-refractivity contribution in [3.63, 3.8) is 0 Å². The first kappa shape index (κ1) is 17.1. The van der Waals surface area contributed by atoms with E-state index in [-0.39, 0.29) is 0 Å². The third-order valence-corrected chi connectivity index (χ3v) is 4.78. The van der Waals surface area contributed by atoms with E-state index >= 15 is 0 Å². The van der Waals surface area contributed by atoms with Gasteiger partial charge >= 0.3 is 0 Å². The zero-order valence-electron chi connectivity index (χ0n) is 12.7. The molecule has 20 heavy (non-hydrogen) atoms. The van der Waals surface area contributed by atoms with E-state index in [1.807, 2.05) is 34.0 Å². The first-order valence-corrected chi connectivity index (χ1v) is 8.31. The first-order valence-electron chi connectivity index (χ1n) is 6.83. The molecule has 0 aliphatic heterocycles. The summed E-state index contributed by atoms with van der Waals surface area (Å²) in [7, 11) is 0.384. The number of rotatable bonds is 8. The molecule has 0 aliphatic rings. The van der Waals surface area contributed by atoms with E-state index in [1.54, 1.807) is 12.1 Å². The van der Waals surface area contributed by atoms with Crippen LogP contribution in [0, 0.1) is 6.92 Å². The molecule has 114 valence electrons. The van der Waals surface area contributed by atoms with E-state index in [0.29, 0.717) is 24.5 Å². The van der Waals surface area contributed by atoms with Crippen molar-refractivity contribution in [1.29, 1.82) is 0 Å². The number of nitrogens with one attached hydrogen (secondary N) is 2. The van der Waals surface area contributed by atoms with E-state index in [0.717, 1.165) is 17.7 Å². The number of aryl methyl sites for hydroxylation is 1. The summed E-state index contributed by atoms with van der Waals surface area (Å²) < 4.78 is 27.1. The van der Waals surface area contributed by atoms with Crippen molar-refractivity contribution in [3.8, 4) is 0 Å². The van der Waals surface area contributed by atoms with E-state index in [9.17, 15) is 8.42 Å². The van der Waals surface area contributed by atoms with Crippen LogP contribution in [0.15, 0.2) is 23.1 Å². The van der Waals surface area contributed by atoms with Crippen molar-refractivity contribution in [2.24, 2.45) is 0 Å². The van der Waals surface area contributed by atoms with Crippen LogP contribution in [0.5, 0.6) is 0 Å². The second-order valence-electron chi connectivity index (χ2n) is 4.91. The third kappa shape index (κ3) is 4.86. The molecule has 0 heterocycles. The smallest absolute Gasteiger partial charge is 0.240 e. The van der Waals surface area contributed by atoms with E-state index < -0.39 is 10.0 Å². The maximum atomic E-state index is 12.2. The molecule has 0 aliphatic carbocycles. The van der Waals surface area contributed by atoms with Gasteiger partial charge in [0.05, 0.1) is 4.90 Å². The Labute approximate surface area is 122 Å². The van der Waals surface area contributed by atoms with Crippen molar-refractivity contribution in [1.82, 2.24) is 14.9 Å². The van der Waals surface area contributed by atoms with Gasteiger partial charge in [0, 0.05) is 19.6 Å². The lowest BCUT2D eigenvalue weighted by Crippen LogP contribution is -2.33. The zero-order chi connectivity index (χ0) is 15.2. The number of likely N-dealkylation sites (N-methyl/N-ethyl adjacent to an activating group) is 1. The Morgan fingerprint density at radius 1 is 1.30 bits per heavy atom. The molecule has 1 aromatic carbocycles. The molecule has 1 aromatic rings. The van der Waals surface area contributed by atoms with Gasteiger partial charge in [-0.05, 0) is 50.8 Å². The van der Waals surface area contributed by atoms with E-state index in [4.69, 9.17) is 0 Å². The molecule has 0 atom stereocenters. The van der Waals surface area contributed by atoms with Gasteiger partial charge in [-0.3, -0.25) is 0 Å². The maximum absolute atomic E-state index is 12.2. The molecule has 0 unspecified atom stereocenters. The molecule has 1 rings (SSSR count). The summed E-state index contributed by atoms with van der Waals surface area (Å²) in [6, 6.07) is 5.23. The minimum atomic E-state index is -3.43. The van der Waals surface area contributed by atoms with Crippen molar-refractivity contribution in [2.45, 2.75) is 25.3 Å². The van der Waals surface area contributed by atoms with Crippen LogP contribution in [0.1, 0.15) is 18.1 Å². The fraction of sp³-hybridized carbons (Fsp3) is 0.571. The van der Waals surface area contributed by atoms with Gasteiger partial charge < -0.3 is 10.2 Å². The SMILES string of the molecule is CCN(C)CCNS(=O)(=O)c1ccc(C)c(CNC)c1. The normalized spacial score (nSPS) is 12.1. The Hall–Kier alpha value is -0.950. The van der Waals surface area contributed by atoms with Gasteiger partial charge in [-0.1, -0.05) is 13.0 Å². The molecule has 2 N–H and O–H groups in total. The lowest BCUT2D eigenvalue weighted by Gasteiger charge is -2.15. The molecule has 0 fully saturated rings. The minimum absolute atomic E-state index is 0.326. The zero-order valence-corrected chi connectivity index (χ0v) is 13.5. The molecule has 0 aromatic heterocycles. The Balaban J connectivity index is 2.79. The van der Waals surface area contributed by atoms with Gasteiger partial charge in [-0.15, -0.1) is 0 Å². The second kappa shape index (κ2) is 7.73. The fourth-order valence-electron chi connectivity index (χ4n) is 1.81. The summed E-state index contributed by atoms with van der Waals surface area (Å²) >= 11 is 0. The highest BCUT2D eigenvalue weighted by molar-refractivity contribution is 7.89. The Kier molecular flexibility index (Phi) is 6.61. The lowest BCUT2D eigenvalue weighted by atomic mass is 10.1. The average molecular weight is 299 g/mol. The van der Waals surface area contributed by atoms with E-state index in [2.05, 4.69) is 14.9 Å². The number of sulfonamides is 1. The topological polar surface area (TPSA) is 61.4 Å². The highest BCUT2D eigenvalue weighted by Crippen LogP contribution is 2.15. The Bertz CT molecular complexity index is 529. The molecule has 0 spiro atoms. The Morgan fingerprint density at radius 3 is 2.60 bits per heavy atom. The first-order chi connectivity index (χ1) is 9.40. The molecule has 0 radical (unpaired) electrons.